The van der Waals surface area contributed by atoms with Gasteiger partial charge in [0.1, 0.15) is 6.10 Å². The standard InChI is InChI=1S/C14H17Cl2NO2/c1-9-4-2-3-5-13(9)19-14(18)17-10-6-7-11(15)12(16)8-10/h6-9,13H,2-5H2,1H3,(H,17,18). The van der Waals surface area contributed by atoms with Crippen LogP contribution in [0, 0.1) is 5.92 Å². The van der Waals surface area contributed by atoms with Gasteiger partial charge in [-0.05, 0) is 43.4 Å². The summed E-state index contributed by atoms with van der Waals surface area (Å²) in [7, 11) is 0. The third-order valence-electron chi connectivity index (χ3n) is 3.46. The molecule has 1 saturated carbocycles. The fourth-order valence-corrected chi connectivity index (χ4v) is 2.61. The highest BCUT2D eigenvalue weighted by molar-refractivity contribution is 6.42. The quantitative estimate of drug-likeness (QED) is 0.823. The second-order valence-electron chi connectivity index (χ2n) is 4.96. The molecule has 1 N–H and O–H groups in total. The first-order valence-electron chi connectivity index (χ1n) is 6.49. The van der Waals surface area contributed by atoms with Crippen LogP contribution in [0.5, 0.6) is 0 Å². The van der Waals surface area contributed by atoms with Crippen molar-refractivity contribution < 1.29 is 9.53 Å². The highest BCUT2D eigenvalue weighted by Crippen LogP contribution is 2.28. The van der Waals surface area contributed by atoms with Crippen LogP contribution in [-0.4, -0.2) is 12.2 Å². The predicted octanol–water partition coefficient (Wildman–Crippen LogP) is 5.12. The first-order valence-corrected chi connectivity index (χ1v) is 7.24. The molecule has 1 aliphatic carbocycles. The highest BCUT2D eigenvalue weighted by Gasteiger charge is 2.24. The van der Waals surface area contributed by atoms with Gasteiger partial charge in [0.15, 0.2) is 0 Å². The van der Waals surface area contributed by atoms with Gasteiger partial charge >= 0.3 is 6.09 Å². The van der Waals surface area contributed by atoms with E-state index in [-0.39, 0.29) is 6.10 Å². The number of benzene rings is 1. The maximum Gasteiger partial charge on any atom is 0.411 e. The number of rotatable bonds is 2. The first kappa shape index (κ1) is 14.5. The Kier molecular flexibility index (Phi) is 4.94. The lowest BCUT2D eigenvalue weighted by Gasteiger charge is -2.28. The van der Waals surface area contributed by atoms with E-state index in [1.807, 2.05) is 0 Å². The number of hydrogen-bond acceptors (Lipinski definition) is 2. The van der Waals surface area contributed by atoms with Crippen LogP contribution in [0.2, 0.25) is 10.0 Å². The van der Waals surface area contributed by atoms with E-state index in [0.29, 0.717) is 21.7 Å². The number of hydrogen-bond donors (Lipinski definition) is 1. The van der Waals surface area contributed by atoms with E-state index < -0.39 is 6.09 Å². The molecule has 1 aromatic rings. The van der Waals surface area contributed by atoms with Gasteiger partial charge in [-0.2, -0.15) is 0 Å². The van der Waals surface area contributed by atoms with E-state index in [9.17, 15) is 4.79 Å². The predicted molar refractivity (Wildman–Crippen MR) is 78.0 cm³/mol. The van der Waals surface area contributed by atoms with Crippen molar-refractivity contribution in [2.24, 2.45) is 5.92 Å². The molecule has 1 fully saturated rings. The summed E-state index contributed by atoms with van der Waals surface area (Å²) in [5, 5.41) is 3.54. The molecule has 1 aromatic carbocycles. The molecule has 0 aliphatic heterocycles. The van der Waals surface area contributed by atoms with Crippen molar-refractivity contribution in [2.45, 2.75) is 38.7 Å². The summed E-state index contributed by atoms with van der Waals surface area (Å²) in [5.41, 5.74) is 0.586. The van der Waals surface area contributed by atoms with Crippen LogP contribution in [0.25, 0.3) is 0 Å². The third kappa shape index (κ3) is 4.02. The normalized spacial score (nSPS) is 22.9. The largest absolute Gasteiger partial charge is 0.446 e. The van der Waals surface area contributed by atoms with Crippen molar-refractivity contribution in [3.8, 4) is 0 Å². The molecule has 1 aliphatic rings. The number of carbonyl (C=O) groups is 1. The van der Waals surface area contributed by atoms with Gasteiger partial charge in [0, 0.05) is 5.69 Å². The molecule has 0 saturated heterocycles. The average Bonchev–Trinajstić information content (AvgIpc) is 2.37. The monoisotopic (exact) mass is 301 g/mol. The lowest BCUT2D eigenvalue weighted by Crippen LogP contribution is -2.30. The van der Waals surface area contributed by atoms with Gasteiger partial charge in [-0.3, -0.25) is 5.32 Å². The van der Waals surface area contributed by atoms with Crippen LogP contribution in [0.15, 0.2) is 18.2 Å². The SMILES string of the molecule is CC1CCCCC1OC(=O)Nc1ccc(Cl)c(Cl)c1. The zero-order chi connectivity index (χ0) is 13.8. The zero-order valence-electron chi connectivity index (χ0n) is 10.8. The molecule has 3 nitrogen and oxygen atoms in total. The van der Waals surface area contributed by atoms with Gasteiger partial charge in [0.2, 0.25) is 0 Å². The Labute approximate surface area is 123 Å². The molecular weight excluding hydrogens is 285 g/mol. The Bertz CT molecular complexity index is 465. The lowest BCUT2D eigenvalue weighted by atomic mass is 9.88. The minimum Gasteiger partial charge on any atom is -0.446 e. The molecule has 1 amide bonds. The number of anilines is 1. The van der Waals surface area contributed by atoms with Crippen LogP contribution in [0.1, 0.15) is 32.6 Å². The minimum atomic E-state index is -0.433. The van der Waals surface area contributed by atoms with Crippen LogP contribution in [-0.2, 0) is 4.74 Å². The summed E-state index contributed by atoms with van der Waals surface area (Å²) in [6, 6.07) is 4.94. The van der Waals surface area contributed by atoms with Crippen molar-refractivity contribution in [1.82, 2.24) is 0 Å². The van der Waals surface area contributed by atoms with Crippen molar-refractivity contribution in [3.05, 3.63) is 28.2 Å². The van der Waals surface area contributed by atoms with Gasteiger partial charge < -0.3 is 4.74 Å². The zero-order valence-corrected chi connectivity index (χ0v) is 12.3. The molecule has 0 radical (unpaired) electrons. The molecule has 5 heteroatoms. The Morgan fingerprint density at radius 2 is 2.00 bits per heavy atom. The number of amides is 1. The maximum absolute atomic E-state index is 11.8. The van der Waals surface area contributed by atoms with Gasteiger partial charge in [-0.15, -0.1) is 0 Å². The Balaban J connectivity index is 1.91. The molecule has 2 atom stereocenters. The van der Waals surface area contributed by atoms with Crippen LogP contribution in [0.4, 0.5) is 10.5 Å². The van der Waals surface area contributed by atoms with Gasteiger partial charge in [0.25, 0.3) is 0 Å². The van der Waals surface area contributed by atoms with E-state index >= 15 is 0 Å². The van der Waals surface area contributed by atoms with Crippen molar-refractivity contribution in [1.29, 1.82) is 0 Å². The van der Waals surface area contributed by atoms with Gasteiger partial charge in [0.05, 0.1) is 10.0 Å². The minimum absolute atomic E-state index is 0.0107. The van der Waals surface area contributed by atoms with Gasteiger partial charge in [-0.25, -0.2) is 4.79 Å². The van der Waals surface area contributed by atoms with Crippen LogP contribution in [0.3, 0.4) is 0 Å². The fraction of sp³-hybridized carbons (Fsp3) is 0.500. The Hall–Kier alpha value is -0.930. The second-order valence-corrected chi connectivity index (χ2v) is 5.77. The number of ether oxygens (including phenoxy) is 1. The molecule has 0 bridgehead atoms. The summed E-state index contributed by atoms with van der Waals surface area (Å²) in [6.07, 6.45) is 3.97. The smallest absolute Gasteiger partial charge is 0.411 e. The second kappa shape index (κ2) is 6.49. The summed E-state index contributed by atoms with van der Waals surface area (Å²) >= 11 is 11.7. The number of nitrogens with one attached hydrogen (secondary N) is 1. The number of halogens is 2. The molecule has 2 rings (SSSR count). The average molecular weight is 302 g/mol. The van der Waals surface area contributed by atoms with E-state index in [2.05, 4.69) is 12.2 Å². The Morgan fingerprint density at radius 1 is 1.26 bits per heavy atom. The molecular formula is C14H17Cl2NO2. The Morgan fingerprint density at radius 3 is 2.68 bits per heavy atom. The van der Waals surface area contributed by atoms with E-state index in [0.717, 1.165) is 19.3 Å². The number of carbonyl (C=O) groups excluding carboxylic acids is 1. The fourth-order valence-electron chi connectivity index (χ4n) is 2.32. The van der Waals surface area contributed by atoms with E-state index in [1.165, 1.54) is 6.42 Å². The summed E-state index contributed by atoms with van der Waals surface area (Å²) in [6.45, 7) is 2.12. The maximum atomic E-state index is 11.8. The van der Waals surface area contributed by atoms with Gasteiger partial charge in [-0.1, -0.05) is 36.5 Å². The molecule has 0 aromatic heterocycles. The topological polar surface area (TPSA) is 38.3 Å². The summed E-state index contributed by atoms with van der Waals surface area (Å²) in [5.74, 6) is 0.424. The van der Waals surface area contributed by atoms with E-state index in [4.69, 9.17) is 27.9 Å². The van der Waals surface area contributed by atoms with Crippen molar-refractivity contribution in [2.75, 3.05) is 5.32 Å². The molecule has 104 valence electrons. The third-order valence-corrected chi connectivity index (χ3v) is 4.20. The van der Waals surface area contributed by atoms with E-state index in [1.54, 1.807) is 18.2 Å². The van der Waals surface area contributed by atoms with Crippen LogP contribution >= 0.6 is 23.2 Å². The first-order chi connectivity index (χ1) is 9.06. The molecule has 2 unspecified atom stereocenters. The summed E-state index contributed by atoms with van der Waals surface area (Å²) in [4.78, 5) is 11.8. The molecule has 19 heavy (non-hydrogen) atoms. The molecule has 0 spiro atoms. The summed E-state index contributed by atoms with van der Waals surface area (Å²) < 4.78 is 5.45. The van der Waals surface area contributed by atoms with Crippen molar-refractivity contribution in [3.63, 3.8) is 0 Å². The van der Waals surface area contributed by atoms with Crippen LogP contribution < -0.4 is 5.32 Å². The molecule has 0 heterocycles. The lowest BCUT2D eigenvalue weighted by molar-refractivity contribution is 0.0524. The highest BCUT2D eigenvalue weighted by atomic mass is 35.5. The van der Waals surface area contributed by atoms with Crippen molar-refractivity contribution >= 4 is 35.0 Å².